The first kappa shape index (κ1) is 14.1. The van der Waals surface area contributed by atoms with Gasteiger partial charge in [0, 0.05) is 13.0 Å². The van der Waals surface area contributed by atoms with Crippen molar-refractivity contribution in [3.8, 4) is 6.07 Å². The van der Waals surface area contributed by atoms with E-state index in [1.165, 1.54) is 12.1 Å². The van der Waals surface area contributed by atoms with Crippen LogP contribution < -0.4 is 10.5 Å². The Labute approximate surface area is 103 Å². The number of halogens is 1. The van der Waals surface area contributed by atoms with Gasteiger partial charge in [0.25, 0.3) is 0 Å². The molecule has 1 rings (SSSR count). The van der Waals surface area contributed by atoms with Crippen molar-refractivity contribution in [1.29, 1.82) is 5.26 Å². The molecule has 0 aliphatic heterocycles. The van der Waals surface area contributed by atoms with Gasteiger partial charge in [0.05, 0.1) is 0 Å². The highest BCUT2D eigenvalue weighted by molar-refractivity contribution is 7.89. The Hall–Kier alpha value is -1.98. The summed E-state index contributed by atoms with van der Waals surface area (Å²) in [7, 11) is -4.04. The van der Waals surface area contributed by atoms with Crippen LogP contribution in [-0.2, 0) is 14.8 Å². The molecule has 1 amide bonds. The summed E-state index contributed by atoms with van der Waals surface area (Å²) < 4.78 is 38.8. The maximum absolute atomic E-state index is 13.2. The number of carbonyl (C=O) groups excluding carboxylic acids is 1. The van der Waals surface area contributed by atoms with E-state index in [-0.39, 0.29) is 13.0 Å². The fraction of sp³-hybridized carbons (Fsp3) is 0.200. The van der Waals surface area contributed by atoms with Crippen LogP contribution in [0.3, 0.4) is 0 Å². The number of benzene rings is 1. The number of hydrogen-bond acceptors (Lipinski definition) is 4. The second-order valence-electron chi connectivity index (χ2n) is 3.34. The molecule has 0 bridgehead atoms. The molecule has 96 valence electrons. The van der Waals surface area contributed by atoms with Crippen molar-refractivity contribution in [1.82, 2.24) is 4.72 Å². The molecule has 0 spiro atoms. The number of rotatable bonds is 5. The summed E-state index contributed by atoms with van der Waals surface area (Å²) in [5.74, 6) is -1.59. The minimum atomic E-state index is -4.04. The highest BCUT2D eigenvalue weighted by Crippen LogP contribution is 2.17. The van der Waals surface area contributed by atoms with Gasteiger partial charge in [0.2, 0.25) is 15.9 Å². The molecule has 1 aromatic carbocycles. The van der Waals surface area contributed by atoms with Crippen LogP contribution in [0.25, 0.3) is 0 Å². The Morgan fingerprint density at radius 2 is 2.17 bits per heavy atom. The van der Waals surface area contributed by atoms with Crippen LogP contribution in [0.1, 0.15) is 12.0 Å². The Morgan fingerprint density at radius 3 is 2.72 bits per heavy atom. The Balaban J connectivity index is 3.03. The fourth-order valence-corrected chi connectivity index (χ4v) is 2.42. The average Bonchev–Trinajstić information content (AvgIpc) is 2.27. The van der Waals surface area contributed by atoms with Crippen molar-refractivity contribution in [2.45, 2.75) is 11.3 Å². The predicted octanol–water partition coefficient (Wildman–Crippen LogP) is -0.149. The maximum Gasteiger partial charge on any atom is 0.242 e. The smallest absolute Gasteiger partial charge is 0.242 e. The van der Waals surface area contributed by atoms with Crippen molar-refractivity contribution >= 4 is 15.9 Å². The fourth-order valence-electron chi connectivity index (χ4n) is 1.22. The van der Waals surface area contributed by atoms with E-state index in [0.717, 1.165) is 12.1 Å². The highest BCUT2D eigenvalue weighted by Gasteiger charge is 2.20. The van der Waals surface area contributed by atoms with E-state index in [4.69, 9.17) is 11.0 Å². The normalized spacial score (nSPS) is 10.9. The van der Waals surface area contributed by atoms with Gasteiger partial charge in [-0.25, -0.2) is 17.5 Å². The second-order valence-corrected chi connectivity index (χ2v) is 5.07. The second kappa shape index (κ2) is 5.57. The van der Waals surface area contributed by atoms with Gasteiger partial charge >= 0.3 is 0 Å². The number of amides is 1. The minimum absolute atomic E-state index is 0.184. The van der Waals surface area contributed by atoms with E-state index in [1.807, 2.05) is 0 Å². The van der Waals surface area contributed by atoms with Crippen molar-refractivity contribution < 1.29 is 17.6 Å². The van der Waals surface area contributed by atoms with Crippen molar-refractivity contribution in [2.24, 2.45) is 5.73 Å². The van der Waals surface area contributed by atoms with Crippen LogP contribution in [0.15, 0.2) is 23.1 Å². The summed E-state index contributed by atoms with van der Waals surface area (Å²) in [5.41, 5.74) is 4.29. The summed E-state index contributed by atoms with van der Waals surface area (Å²) in [6, 6.07) is 4.76. The van der Waals surface area contributed by atoms with Crippen LogP contribution >= 0.6 is 0 Å². The first-order valence-corrected chi connectivity index (χ1v) is 6.33. The van der Waals surface area contributed by atoms with E-state index in [9.17, 15) is 17.6 Å². The Kier molecular flexibility index (Phi) is 4.36. The number of hydrogen-bond donors (Lipinski definition) is 2. The number of primary amides is 1. The zero-order chi connectivity index (χ0) is 13.8. The molecule has 0 heterocycles. The summed E-state index contributed by atoms with van der Waals surface area (Å²) in [4.78, 5) is 10.0. The van der Waals surface area contributed by atoms with Crippen LogP contribution in [0.5, 0.6) is 0 Å². The third-order valence-electron chi connectivity index (χ3n) is 2.04. The molecule has 0 saturated carbocycles. The van der Waals surface area contributed by atoms with Crippen LogP contribution in [-0.4, -0.2) is 20.9 Å². The first-order valence-electron chi connectivity index (χ1n) is 4.85. The molecule has 0 fully saturated rings. The van der Waals surface area contributed by atoms with Crippen molar-refractivity contribution in [3.63, 3.8) is 0 Å². The Morgan fingerprint density at radius 1 is 1.50 bits per heavy atom. The van der Waals surface area contributed by atoms with Gasteiger partial charge in [-0.15, -0.1) is 0 Å². The minimum Gasteiger partial charge on any atom is -0.370 e. The number of sulfonamides is 1. The molecule has 3 N–H and O–H groups in total. The Bertz CT molecular complexity index is 607. The zero-order valence-corrected chi connectivity index (χ0v) is 10.00. The number of nitrogens with zero attached hydrogens (tertiary/aromatic N) is 1. The van der Waals surface area contributed by atoms with Gasteiger partial charge in [-0.1, -0.05) is 6.07 Å². The van der Waals surface area contributed by atoms with Gasteiger partial charge < -0.3 is 5.73 Å². The SMILES string of the molecule is N#Cc1c(F)cccc1S(=O)(=O)NCCC(N)=O. The monoisotopic (exact) mass is 271 g/mol. The van der Waals surface area contributed by atoms with Crippen LogP contribution in [0.2, 0.25) is 0 Å². The molecular weight excluding hydrogens is 261 g/mol. The van der Waals surface area contributed by atoms with Crippen molar-refractivity contribution in [3.05, 3.63) is 29.6 Å². The maximum atomic E-state index is 13.2. The summed E-state index contributed by atoms with van der Waals surface area (Å²) >= 11 is 0. The molecule has 0 radical (unpaired) electrons. The van der Waals surface area contributed by atoms with Gasteiger partial charge in [-0.2, -0.15) is 5.26 Å². The van der Waals surface area contributed by atoms with Gasteiger partial charge in [0.15, 0.2) is 0 Å². The van der Waals surface area contributed by atoms with Gasteiger partial charge in [-0.3, -0.25) is 4.79 Å². The molecule has 0 aliphatic carbocycles. The van der Waals surface area contributed by atoms with E-state index in [2.05, 4.69) is 4.72 Å². The lowest BCUT2D eigenvalue weighted by Crippen LogP contribution is -2.28. The largest absolute Gasteiger partial charge is 0.370 e. The predicted molar refractivity (Wildman–Crippen MR) is 60.1 cm³/mol. The third-order valence-corrected chi connectivity index (χ3v) is 3.54. The van der Waals surface area contributed by atoms with Gasteiger partial charge in [0.1, 0.15) is 22.3 Å². The summed E-state index contributed by atoms with van der Waals surface area (Å²) in [6.45, 7) is -0.209. The molecule has 0 aliphatic rings. The zero-order valence-electron chi connectivity index (χ0n) is 9.18. The van der Waals surface area contributed by atoms with E-state index >= 15 is 0 Å². The standard InChI is InChI=1S/C10H10FN3O3S/c11-8-2-1-3-9(7(8)6-12)18(16,17)14-5-4-10(13)15/h1-3,14H,4-5H2,(H2,13,15). The first-order chi connectivity index (χ1) is 8.38. The highest BCUT2D eigenvalue weighted by atomic mass is 32.2. The molecule has 18 heavy (non-hydrogen) atoms. The average molecular weight is 271 g/mol. The third kappa shape index (κ3) is 3.26. The lowest BCUT2D eigenvalue weighted by molar-refractivity contribution is -0.117. The molecule has 0 unspecified atom stereocenters. The molecule has 6 nitrogen and oxygen atoms in total. The topological polar surface area (TPSA) is 113 Å². The number of carbonyl (C=O) groups is 1. The van der Waals surface area contributed by atoms with E-state index in [1.54, 1.807) is 0 Å². The molecule has 0 saturated heterocycles. The number of nitrogens with one attached hydrogen (secondary N) is 1. The lowest BCUT2D eigenvalue weighted by atomic mass is 10.2. The van der Waals surface area contributed by atoms with E-state index in [0.29, 0.717) is 0 Å². The molecular formula is C10H10FN3O3S. The van der Waals surface area contributed by atoms with Gasteiger partial charge in [-0.05, 0) is 12.1 Å². The summed E-state index contributed by atoms with van der Waals surface area (Å²) in [6.07, 6.45) is -0.184. The van der Waals surface area contributed by atoms with E-state index < -0.39 is 32.2 Å². The molecule has 0 aromatic heterocycles. The molecule has 0 atom stereocenters. The molecule has 1 aromatic rings. The van der Waals surface area contributed by atoms with Crippen LogP contribution in [0, 0.1) is 17.1 Å². The summed E-state index contributed by atoms with van der Waals surface area (Å²) in [5, 5.41) is 8.72. The number of nitriles is 1. The molecule has 8 heteroatoms. The lowest BCUT2D eigenvalue weighted by Gasteiger charge is -2.07. The quantitative estimate of drug-likeness (QED) is 0.775. The van der Waals surface area contributed by atoms with Crippen LogP contribution in [0.4, 0.5) is 4.39 Å². The van der Waals surface area contributed by atoms with Crippen molar-refractivity contribution in [2.75, 3.05) is 6.54 Å². The number of nitrogens with two attached hydrogens (primary N) is 1.